The van der Waals surface area contributed by atoms with Crippen molar-refractivity contribution in [3.63, 3.8) is 0 Å². The number of carbonyl (C=O) groups excluding carboxylic acids is 1. The van der Waals surface area contributed by atoms with Crippen molar-refractivity contribution in [1.29, 1.82) is 0 Å². The topological polar surface area (TPSA) is 64.4 Å². The highest BCUT2D eigenvalue weighted by molar-refractivity contribution is 9.10. The number of carbonyl (C=O) groups is 1. The van der Waals surface area contributed by atoms with Gasteiger partial charge in [0.25, 0.3) is 0 Å². The maximum Gasteiger partial charge on any atom is 0.249 e. The minimum atomic E-state index is -0.469. The van der Waals surface area contributed by atoms with Crippen molar-refractivity contribution < 1.29 is 13.9 Å². The van der Waals surface area contributed by atoms with E-state index in [1.165, 1.54) is 6.07 Å². The molecule has 0 aromatic heterocycles. The van der Waals surface area contributed by atoms with Crippen LogP contribution >= 0.6 is 15.9 Å². The Balaban J connectivity index is 1.88. The van der Waals surface area contributed by atoms with E-state index in [4.69, 9.17) is 10.5 Å². The van der Waals surface area contributed by atoms with E-state index in [0.717, 1.165) is 10.9 Å². The Labute approximate surface area is 119 Å². The Kier molecular flexibility index (Phi) is 4.90. The highest BCUT2D eigenvalue weighted by atomic mass is 79.9. The normalized spacial score (nSPS) is 22.5. The number of hydrogen-bond donors (Lipinski definition) is 2. The van der Waals surface area contributed by atoms with Gasteiger partial charge < -0.3 is 15.8 Å². The first-order chi connectivity index (χ1) is 9.10. The van der Waals surface area contributed by atoms with E-state index in [9.17, 15) is 9.18 Å². The van der Waals surface area contributed by atoms with Gasteiger partial charge in [-0.25, -0.2) is 4.39 Å². The number of amides is 1. The zero-order valence-corrected chi connectivity index (χ0v) is 12.0. The molecule has 19 heavy (non-hydrogen) atoms. The van der Waals surface area contributed by atoms with Crippen LogP contribution in [0.25, 0.3) is 0 Å². The summed E-state index contributed by atoms with van der Waals surface area (Å²) in [7, 11) is 0. The standard InChI is InChI=1S/C13H16BrFN2O2/c14-9-1-3-11(15)8(5-9)7-17-13(18)12-4-2-10(6-16)19-12/h1,3,5,10,12H,2,4,6-7,16H2,(H,17,18). The number of halogens is 2. The zero-order valence-electron chi connectivity index (χ0n) is 10.4. The highest BCUT2D eigenvalue weighted by Gasteiger charge is 2.29. The van der Waals surface area contributed by atoms with E-state index in [0.29, 0.717) is 18.5 Å². The van der Waals surface area contributed by atoms with Gasteiger partial charge >= 0.3 is 0 Å². The predicted molar refractivity (Wildman–Crippen MR) is 72.9 cm³/mol. The third-order valence-corrected chi connectivity index (χ3v) is 3.62. The summed E-state index contributed by atoms with van der Waals surface area (Å²) in [6, 6.07) is 4.63. The molecule has 1 aromatic rings. The molecule has 2 unspecified atom stereocenters. The summed E-state index contributed by atoms with van der Waals surface area (Å²) in [4.78, 5) is 11.9. The minimum Gasteiger partial charge on any atom is -0.364 e. The van der Waals surface area contributed by atoms with Gasteiger partial charge in [-0.15, -0.1) is 0 Å². The second kappa shape index (κ2) is 6.45. The average Bonchev–Trinajstić information content (AvgIpc) is 2.88. The van der Waals surface area contributed by atoms with Gasteiger partial charge in [-0.3, -0.25) is 4.79 Å². The van der Waals surface area contributed by atoms with E-state index < -0.39 is 6.10 Å². The molecule has 104 valence electrons. The predicted octanol–water partition coefficient (Wildman–Crippen LogP) is 1.71. The maximum absolute atomic E-state index is 13.5. The van der Waals surface area contributed by atoms with Crippen LogP contribution in [0.4, 0.5) is 4.39 Å². The molecule has 3 N–H and O–H groups in total. The van der Waals surface area contributed by atoms with Gasteiger partial charge in [0.1, 0.15) is 11.9 Å². The molecule has 1 aliphatic rings. The van der Waals surface area contributed by atoms with Crippen LogP contribution in [0.1, 0.15) is 18.4 Å². The van der Waals surface area contributed by atoms with Gasteiger partial charge in [-0.05, 0) is 31.0 Å². The molecule has 1 amide bonds. The van der Waals surface area contributed by atoms with Gasteiger partial charge in [0.05, 0.1) is 6.10 Å². The number of hydrogen-bond acceptors (Lipinski definition) is 3. The summed E-state index contributed by atoms with van der Waals surface area (Å²) in [5.74, 6) is -0.550. The molecule has 1 aliphatic heterocycles. The first kappa shape index (κ1) is 14.4. The number of benzene rings is 1. The van der Waals surface area contributed by atoms with Crippen molar-refractivity contribution in [3.8, 4) is 0 Å². The van der Waals surface area contributed by atoms with Crippen LogP contribution in [-0.4, -0.2) is 24.7 Å². The van der Waals surface area contributed by atoms with Gasteiger partial charge in [-0.2, -0.15) is 0 Å². The number of ether oxygens (including phenoxy) is 1. The van der Waals surface area contributed by atoms with Crippen LogP contribution in [0.15, 0.2) is 22.7 Å². The van der Waals surface area contributed by atoms with Crippen LogP contribution < -0.4 is 11.1 Å². The molecule has 1 heterocycles. The summed E-state index contributed by atoms with van der Waals surface area (Å²) in [5, 5.41) is 2.69. The van der Waals surface area contributed by atoms with Crippen LogP contribution in [0.5, 0.6) is 0 Å². The Morgan fingerprint density at radius 1 is 1.53 bits per heavy atom. The van der Waals surface area contributed by atoms with Crippen LogP contribution in [0.3, 0.4) is 0 Å². The maximum atomic E-state index is 13.5. The Morgan fingerprint density at radius 2 is 2.32 bits per heavy atom. The van der Waals surface area contributed by atoms with Gasteiger partial charge in [0, 0.05) is 23.1 Å². The lowest BCUT2D eigenvalue weighted by Crippen LogP contribution is -2.35. The Bertz CT molecular complexity index is 470. The molecule has 0 radical (unpaired) electrons. The van der Waals surface area contributed by atoms with Crippen molar-refractivity contribution in [1.82, 2.24) is 5.32 Å². The van der Waals surface area contributed by atoms with Crippen LogP contribution in [0, 0.1) is 5.82 Å². The third kappa shape index (κ3) is 3.75. The smallest absolute Gasteiger partial charge is 0.249 e. The van der Waals surface area contributed by atoms with E-state index in [2.05, 4.69) is 21.2 Å². The van der Waals surface area contributed by atoms with Crippen molar-refractivity contribution in [2.24, 2.45) is 5.73 Å². The van der Waals surface area contributed by atoms with Gasteiger partial charge in [0.2, 0.25) is 5.91 Å². The number of nitrogens with two attached hydrogens (primary N) is 1. The van der Waals surface area contributed by atoms with E-state index in [1.807, 2.05) is 0 Å². The molecule has 4 nitrogen and oxygen atoms in total. The summed E-state index contributed by atoms with van der Waals surface area (Å²) in [6.07, 6.45) is 0.941. The van der Waals surface area contributed by atoms with Crippen molar-refractivity contribution in [3.05, 3.63) is 34.1 Å². The molecule has 1 saturated heterocycles. The lowest BCUT2D eigenvalue weighted by Gasteiger charge is -2.13. The summed E-state index contributed by atoms with van der Waals surface area (Å²) >= 11 is 3.27. The summed E-state index contributed by atoms with van der Waals surface area (Å²) < 4.78 is 19.7. The number of nitrogens with one attached hydrogen (secondary N) is 1. The molecular formula is C13H16BrFN2O2. The Morgan fingerprint density at radius 3 is 3.00 bits per heavy atom. The fraction of sp³-hybridized carbons (Fsp3) is 0.462. The minimum absolute atomic E-state index is 0.0432. The molecule has 0 bridgehead atoms. The second-order valence-corrected chi connectivity index (χ2v) is 5.43. The highest BCUT2D eigenvalue weighted by Crippen LogP contribution is 2.19. The second-order valence-electron chi connectivity index (χ2n) is 4.51. The molecule has 0 aliphatic carbocycles. The lowest BCUT2D eigenvalue weighted by atomic mass is 10.1. The zero-order chi connectivity index (χ0) is 13.8. The van der Waals surface area contributed by atoms with Crippen molar-refractivity contribution in [2.75, 3.05) is 6.54 Å². The summed E-state index contributed by atoms with van der Waals surface area (Å²) in [5.41, 5.74) is 5.93. The molecule has 0 saturated carbocycles. The molecule has 2 atom stereocenters. The Hall–Kier alpha value is -0.980. The monoisotopic (exact) mass is 330 g/mol. The first-order valence-electron chi connectivity index (χ1n) is 6.17. The van der Waals surface area contributed by atoms with Gasteiger partial charge in [0.15, 0.2) is 0 Å². The largest absolute Gasteiger partial charge is 0.364 e. The quantitative estimate of drug-likeness (QED) is 0.883. The third-order valence-electron chi connectivity index (χ3n) is 3.12. The molecule has 6 heteroatoms. The van der Waals surface area contributed by atoms with Crippen molar-refractivity contribution in [2.45, 2.75) is 31.6 Å². The van der Waals surface area contributed by atoms with Crippen molar-refractivity contribution >= 4 is 21.8 Å². The lowest BCUT2D eigenvalue weighted by molar-refractivity contribution is -0.132. The molecule has 2 rings (SSSR count). The van der Waals surface area contributed by atoms with Gasteiger partial charge in [-0.1, -0.05) is 15.9 Å². The molecule has 0 spiro atoms. The van der Waals surface area contributed by atoms with E-state index in [1.54, 1.807) is 12.1 Å². The molecule has 1 aromatic carbocycles. The fourth-order valence-corrected chi connectivity index (χ4v) is 2.46. The summed E-state index contributed by atoms with van der Waals surface area (Å²) in [6.45, 7) is 0.571. The average molecular weight is 331 g/mol. The molecular weight excluding hydrogens is 315 g/mol. The van der Waals surface area contributed by atoms with E-state index >= 15 is 0 Å². The van der Waals surface area contributed by atoms with Crippen LogP contribution in [0.2, 0.25) is 0 Å². The SMILES string of the molecule is NCC1CCC(C(=O)NCc2cc(Br)ccc2F)O1. The fourth-order valence-electron chi connectivity index (χ4n) is 2.05. The van der Waals surface area contributed by atoms with Crippen LogP contribution in [-0.2, 0) is 16.1 Å². The first-order valence-corrected chi connectivity index (χ1v) is 6.96. The number of rotatable bonds is 4. The van der Waals surface area contributed by atoms with E-state index in [-0.39, 0.29) is 24.4 Å². The molecule has 1 fully saturated rings.